The van der Waals surface area contributed by atoms with Crippen molar-refractivity contribution in [1.82, 2.24) is 5.32 Å². The Bertz CT molecular complexity index is 791. The molecule has 0 spiro atoms. The Morgan fingerprint density at radius 2 is 1.84 bits per heavy atom. The number of hydrogen-bond donors (Lipinski definition) is 1. The number of methoxy groups -OCH3 is 1. The fraction of sp³-hybridized carbons (Fsp3) is 0.167. The van der Waals surface area contributed by atoms with Crippen molar-refractivity contribution >= 4 is 17.8 Å². The highest BCUT2D eigenvalue weighted by Crippen LogP contribution is 2.08. The molecule has 0 aromatic heterocycles. The summed E-state index contributed by atoms with van der Waals surface area (Å²) >= 11 is 0. The third kappa shape index (κ3) is 5.13. The molecule has 0 aliphatic carbocycles. The van der Waals surface area contributed by atoms with Gasteiger partial charge in [0.1, 0.15) is 19.0 Å². The minimum absolute atomic E-state index is 0.0702. The predicted molar refractivity (Wildman–Crippen MR) is 86.3 cm³/mol. The highest BCUT2D eigenvalue weighted by atomic mass is 19.1. The van der Waals surface area contributed by atoms with Crippen LogP contribution in [0.3, 0.4) is 0 Å². The summed E-state index contributed by atoms with van der Waals surface area (Å²) in [7, 11) is 1.27. The van der Waals surface area contributed by atoms with E-state index in [1.807, 2.05) is 0 Å². The number of hydrogen-bond acceptors (Lipinski definition) is 5. The van der Waals surface area contributed by atoms with Gasteiger partial charge in [0.05, 0.1) is 18.2 Å². The fourth-order valence-electron chi connectivity index (χ4n) is 2.01. The topological polar surface area (TPSA) is 81.7 Å². The molecule has 6 nitrogen and oxygen atoms in total. The lowest BCUT2D eigenvalue weighted by atomic mass is 10.1. The lowest BCUT2D eigenvalue weighted by Crippen LogP contribution is -2.31. The zero-order valence-electron chi connectivity index (χ0n) is 13.5. The van der Waals surface area contributed by atoms with Gasteiger partial charge in [-0.3, -0.25) is 9.59 Å². The molecule has 7 heteroatoms. The van der Waals surface area contributed by atoms with Crippen LogP contribution in [0, 0.1) is 5.82 Å². The first-order valence-corrected chi connectivity index (χ1v) is 7.37. The minimum Gasteiger partial charge on any atom is -0.465 e. The Morgan fingerprint density at radius 3 is 2.56 bits per heavy atom. The van der Waals surface area contributed by atoms with Crippen molar-refractivity contribution < 1.29 is 28.2 Å². The van der Waals surface area contributed by atoms with E-state index in [0.717, 1.165) is 6.07 Å². The number of esters is 2. The molecule has 1 N–H and O–H groups in total. The van der Waals surface area contributed by atoms with Crippen LogP contribution in [0.5, 0.6) is 0 Å². The van der Waals surface area contributed by atoms with Crippen LogP contribution >= 0.6 is 0 Å². The summed E-state index contributed by atoms with van der Waals surface area (Å²) in [5, 5.41) is 2.29. The molecule has 1 amide bonds. The lowest BCUT2D eigenvalue weighted by molar-refractivity contribution is -0.143. The maximum atomic E-state index is 13.5. The molecule has 2 aromatic carbocycles. The summed E-state index contributed by atoms with van der Waals surface area (Å²) in [5.41, 5.74) is 0.779. The third-order valence-corrected chi connectivity index (χ3v) is 3.26. The molecule has 130 valence electrons. The zero-order chi connectivity index (χ0) is 18.2. The van der Waals surface area contributed by atoms with Gasteiger partial charge in [0, 0.05) is 0 Å². The van der Waals surface area contributed by atoms with E-state index in [0.29, 0.717) is 11.1 Å². The maximum Gasteiger partial charge on any atom is 0.337 e. The number of rotatable bonds is 6. The number of ether oxygens (including phenoxy) is 2. The Balaban J connectivity index is 1.84. The highest BCUT2D eigenvalue weighted by molar-refractivity contribution is 5.96. The third-order valence-electron chi connectivity index (χ3n) is 3.26. The molecule has 2 rings (SSSR count). The van der Waals surface area contributed by atoms with Crippen LogP contribution in [-0.2, 0) is 20.9 Å². The number of carbonyl (C=O) groups is 3. The molecule has 0 saturated heterocycles. The van der Waals surface area contributed by atoms with Gasteiger partial charge in [-0.15, -0.1) is 0 Å². The highest BCUT2D eigenvalue weighted by Gasteiger charge is 2.13. The van der Waals surface area contributed by atoms with Gasteiger partial charge in [-0.1, -0.05) is 24.3 Å². The van der Waals surface area contributed by atoms with Gasteiger partial charge >= 0.3 is 11.9 Å². The van der Waals surface area contributed by atoms with E-state index in [-0.39, 0.29) is 12.2 Å². The number of carbonyl (C=O) groups excluding carboxylic acids is 3. The van der Waals surface area contributed by atoms with E-state index in [1.54, 1.807) is 18.2 Å². The molecule has 0 unspecified atom stereocenters. The van der Waals surface area contributed by atoms with Crippen molar-refractivity contribution in [1.29, 1.82) is 0 Å². The summed E-state index contributed by atoms with van der Waals surface area (Å²) in [6.07, 6.45) is 0. The van der Waals surface area contributed by atoms with E-state index >= 15 is 0 Å². The largest absolute Gasteiger partial charge is 0.465 e. The van der Waals surface area contributed by atoms with Crippen LogP contribution in [0.2, 0.25) is 0 Å². The molecule has 0 saturated carbocycles. The Hall–Kier alpha value is -3.22. The second-order valence-corrected chi connectivity index (χ2v) is 5.02. The second kappa shape index (κ2) is 8.58. The average molecular weight is 345 g/mol. The van der Waals surface area contributed by atoms with Gasteiger partial charge in [-0.25, -0.2) is 9.18 Å². The first kappa shape index (κ1) is 18.1. The molecular weight excluding hydrogens is 329 g/mol. The Kier molecular flexibility index (Phi) is 6.22. The molecular formula is C18H16FNO5. The quantitative estimate of drug-likeness (QED) is 0.811. The van der Waals surface area contributed by atoms with Gasteiger partial charge in [-0.05, 0) is 29.8 Å². The van der Waals surface area contributed by atoms with Gasteiger partial charge in [0.2, 0.25) is 0 Å². The summed E-state index contributed by atoms with van der Waals surface area (Å²) in [6, 6.07) is 11.9. The second-order valence-electron chi connectivity index (χ2n) is 5.02. The zero-order valence-corrected chi connectivity index (χ0v) is 13.5. The van der Waals surface area contributed by atoms with Crippen LogP contribution in [0.15, 0.2) is 48.5 Å². The van der Waals surface area contributed by atoms with Crippen molar-refractivity contribution in [2.24, 2.45) is 0 Å². The van der Waals surface area contributed by atoms with Crippen molar-refractivity contribution in [3.8, 4) is 0 Å². The van der Waals surface area contributed by atoms with Crippen LogP contribution in [0.1, 0.15) is 26.3 Å². The fourth-order valence-corrected chi connectivity index (χ4v) is 2.01. The van der Waals surface area contributed by atoms with Crippen molar-refractivity contribution in [2.45, 2.75) is 6.61 Å². The molecule has 25 heavy (non-hydrogen) atoms. The Morgan fingerprint density at radius 1 is 1.08 bits per heavy atom. The summed E-state index contributed by atoms with van der Waals surface area (Å²) < 4.78 is 23.1. The number of benzene rings is 2. The molecule has 0 atom stereocenters. The van der Waals surface area contributed by atoms with Crippen molar-refractivity contribution in [3.63, 3.8) is 0 Å². The number of halogens is 1. The molecule has 0 aliphatic rings. The first-order valence-electron chi connectivity index (χ1n) is 7.37. The van der Waals surface area contributed by atoms with E-state index in [9.17, 15) is 18.8 Å². The van der Waals surface area contributed by atoms with Gasteiger partial charge in [-0.2, -0.15) is 0 Å². The first-order chi connectivity index (χ1) is 12.0. The van der Waals surface area contributed by atoms with Crippen LogP contribution in [0.4, 0.5) is 4.39 Å². The summed E-state index contributed by atoms with van der Waals surface area (Å²) in [6.45, 7) is -0.469. The number of nitrogens with one attached hydrogen (secondary N) is 1. The van der Waals surface area contributed by atoms with E-state index in [1.165, 1.54) is 31.4 Å². The predicted octanol–water partition coefficient (Wildman–Crippen LogP) is 2.09. The van der Waals surface area contributed by atoms with E-state index < -0.39 is 30.2 Å². The Labute approximate surface area is 143 Å². The van der Waals surface area contributed by atoms with Gasteiger partial charge < -0.3 is 14.8 Å². The monoisotopic (exact) mass is 345 g/mol. The SMILES string of the molecule is COC(=O)c1cccc(COC(=O)CNC(=O)c2ccccc2F)c1. The van der Waals surface area contributed by atoms with Gasteiger partial charge in [0.15, 0.2) is 0 Å². The molecule has 2 aromatic rings. The van der Waals surface area contributed by atoms with Crippen LogP contribution in [-0.4, -0.2) is 31.5 Å². The number of amides is 1. The van der Waals surface area contributed by atoms with Crippen LogP contribution < -0.4 is 5.32 Å². The molecule has 0 bridgehead atoms. The van der Waals surface area contributed by atoms with Gasteiger partial charge in [0.25, 0.3) is 5.91 Å². The molecule has 0 aliphatic heterocycles. The van der Waals surface area contributed by atoms with Crippen molar-refractivity contribution in [2.75, 3.05) is 13.7 Å². The maximum absolute atomic E-state index is 13.5. The molecule has 0 radical (unpaired) electrons. The minimum atomic E-state index is -0.706. The standard InChI is InChI=1S/C18H16FNO5/c1-24-18(23)13-6-4-5-12(9-13)11-25-16(21)10-20-17(22)14-7-2-3-8-15(14)19/h2-9H,10-11H2,1H3,(H,20,22). The van der Waals surface area contributed by atoms with Crippen LogP contribution in [0.25, 0.3) is 0 Å². The average Bonchev–Trinajstić information content (AvgIpc) is 2.64. The summed E-state index contributed by atoms with van der Waals surface area (Å²) in [4.78, 5) is 34.9. The molecule has 0 heterocycles. The van der Waals surface area contributed by atoms with E-state index in [2.05, 4.69) is 10.1 Å². The lowest BCUT2D eigenvalue weighted by Gasteiger charge is -2.08. The molecule has 0 fully saturated rings. The normalized spacial score (nSPS) is 10.0. The smallest absolute Gasteiger partial charge is 0.337 e. The summed E-state index contributed by atoms with van der Waals surface area (Å²) in [5.74, 6) is -2.56. The van der Waals surface area contributed by atoms with Crippen molar-refractivity contribution in [3.05, 3.63) is 71.0 Å². The van der Waals surface area contributed by atoms with E-state index in [4.69, 9.17) is 4.74 Å².